The third-order valence-corrected chi connectivity index (χ3v) is 3.02. The quantitative estimate of drug-likeness (QED) is 0.748. The van der Waals surface area contributed by atoms with E-state index in [2.05, 4.69) is 17.2 Å². The third kappa shape index (κ3) is 4.87. The van der Waals surface area contributed by atoms with Crippen molar-refractivity contribution in [2.45, 2.75) is 6.04 Å². The van der Waals surface area contributed by atoms with Crippen molar-refractivity contribution in [1.82, 2.24) is 15.5 Å². The van der Waals surface area contributed by atoms with Crippen LogP contribution < -0.4 is 10.6 Å². The van der Waals surface area contributed by atoms with Crippen molar-refractivity contribution < 1.29 is 23.2 Å². The van der Waals surface area contributed by atoms with Gasteiger partial charge in [0.25, 0.3) is 0 Å². The number of nitrogens with zero attached hydrogens (tertiary/aromatic N) is 1. The van der Waals surface area contributed by atoms with Crippen molar-refractivity contribution in [1.29, 1.82) is 0 Å². The summed E-state index contributed by atoms with van der Waals surface area (Å²) in [6.45, 7) is 2.98. The number of carbonyl (C=O) groups excluding carboxylic acids is 3. The summed E-state index contributed by atoms with van der Waals surface area (Å²) in [6.07, 6.45) is 1.04. The molecule has 1 atom stereocenters. The summed E-state index contributed by atoms with van der Waals surface area (Å²) >= 11 is 0. The van der Waals surface area contributed by atoms with Crippen LogP contribution in [0.1, 0.15) is 11.6 Å². The van der Waals surface area contributed by atoms with Gasteiger partial charge in [0.05, 0.1) is 6.54 Å². The maximum atomic E-state index is 13.3. The van der Waals surface area contributed by atoms with Crippen LogP contribution in [-0.2, 0) is 14.4 Å². The van der Waals surface area contributed by atoms with E-state index in [1.807, 2.05) is 0 Å². The first-order chi connectivity index (χ1) is 10.8. The number of carbonyl (C=O) groups is 3. The van der Waals surface area contributed by atoms with Crippen molar-refractivity contribution in [3.8, 4) is 0 Å². The van der Waals surface area contributed by atoms with Gasteiger partial charge in [-0.3, -0.25) is 14.4 Å². The molecule has 0 heterocycles. The number of rotatable bonds is 6. The van der Waals surface area contributed by atoms with E-state index in [1.165, 1.54) is 20.2 Å². The topological polar surface area (TPSA) is 78.5 Å². The Bertz CT molecular complexity index is 634. The van der Waals surface area contributed by atoms with Gasteiger partial charge in [-0.2, -0.15) is 0 Å². The molecule has 23 heavy (non-hydrogen) atoms. The van der Waals surface area contributed by atoms with Gasteiger partial charge in [0, 0.05) is 14.1 Å². The van der Waals surface area contributed by atoms with Crippen molar-refractivity contribution in [3.05, 3.63) is 48.1 Å². The highest BCUT2D eigenvalue weighted by Crippen LogP contribution is 2.16. The minimum atomic E-state index is -1.21. The second-order valence-electron chi connectivity index (χ2n) is 4.69. The first kappa shape index (κ1) is 18.3. The number of hydrogen-bond acceptors (Lipinski definition) is 3. The van der Waals surface area contributed by atoms with Gasteiger partial charge < -0.3 is 15.5 Å². The smallest absolute Gasteiger partial charge is 0.246 e. The van der Waals surface area contributed by atoms with Gasteiger partial charge in [-0.1, -0.05) is 12.6 Å². The molecular formula is C15H17F2N3O3. The van der Waals surface area contributed by atoms with E-state index in [1.54, 1.807) is 0 Å². The first-order valence-corrected chi connectivity index (χ1v) is 6.63. The molecule has 0 aliphatic heterocycles. The summed E-state index contributed by atoms with van der Waals surface area (Å²) in [7, 11) is 2.73. The second-order valence-corrected chi connectivity index (χ2v) is 4.69. The molecule has 3 amide bonds. The minimum Gasteiger partial charge on any atom is -0.357 e. The van der Waals surface area contributed by atoms with Gasteiger partial charge in [0.1, 0.15) is 6.04 Å². The van der Waals surface area contributed by atoms with Crippen LogP contribution in [0, 0.1) is 11.6 Å². The van der Waals surface area contributed by atoms with E-state index in [4.69, 9.17) is 0 Å². The number of benzene rings is 1. The van der Waals surface area contributed by atoms with Crippen LogP contribution in [-0.4, -0.2) is 43.3 Å². The monoisotopic (exact) mass is 325 g/mol. The zero-order valence-corrected chi connectivity index (χ0v) is 12.7. The van der Waals surface area contributed by atoms with Crippen LogP contribution in [0.15, 0.2) is 30.9 Å². The summed E-state index contributed by atoms with van der Waals surface area (Å²) in [5.74, 6) is -3.91. The molecule has 0 saturated carbocycles. The molecule has 1 rings (SSSR count). The molecule has 0 radical (unpaired) electrons. The predicted molar refractivity (Wildman–Crippen MR) is 79.1 cm³/mol. The molecule has 8 heteroatoms. The zero-order chi connectivity index (χ0) is 17.6. The summed E-state index contributed by atoms with van der Waals surface area (Å²) in [5, 5.41) is 4.70. The maximum absolute atomic E-state index is 13.3. The molecule has 6 nitrogen and oxygen atoms in total. The van der Waals surface area contributed by atoms with Crippen LogP contribution in [0.4, 0.5) is 8.78 Å². The van der Waals surface area contributed by atoms with Crippen LogP contribution >= 0.6 is 0 Å². The number of nitrogens with one attached hydrogen (secondary N) is 2. The third-order valence-electron chi connectivity index (χ3n) is 3.02. The molecule has 0 fully saturated rings. The molecule has 1 aromatic rings. The minimum absolute atomic E-state index is 0.0781. The van der Waals surface area contributed by atoms with Gasteiger partial charge in [-0.25, -0.2) is 8.78 Å². The first-order valence-electron chi connectivity index (χ1n) is 6.63. The Morgan fingerprint density at radius 3 is 2.48 bits per heavy atom. The van der Waals surface area contributed by atoms with Gasteiger partial charge >= 0.3 is 0 Å². The van der Waals surface area contributed by atoms with Crippen molar-refractivity contribution in [2.24, 2.45) is 0 Å². The van der Waals surface area contributed by atoms with E-state index in [0.717, 1.165) is 23.1 Å². The van der Waals surface area contributed by atoms with Crippen LogP contribution in [0.25, 0.3) is 0 Å². The maximum Gasteiger partial charge on any atom is 0.246 e. The normalized spacial score (nSPS) is 11.3. The Morgan fingerprint density at radius 1 is 1.30 bits per heavy atom. The molecule has 2 N–H and O–H groups in total. The Morgan fingerprint density at radius 2 is 1.96 bits per heavy atom. The molecule has 1 aromatic carbocycles. The highest BCUT2D eigenvalue weighted by Gasteiger charge is 2.23. The molecule has 0 spiro atoms. The van der Waals surface area contributed by atoms with E-state index in [9.17, 15) is 23.2 Å². The lowest BCUT2D eigenvalue weighted by Gasteiger charge is -2.20. The number of hydrogen-bond donors (Lipinski definition) is 2. The molecule has 0 bridgehead atoms. The molecule has 0 aromatic heterocycles. The van der Waals surface area contributed by atoms with Crippen molar-refractivity contribution in [3.63, 3.8) is 0 Å². The van der Waals surface area contributed by atoms with E-state index >= 15 is 0 Å². The van der Waals surface area contributed by atoms with Crippen LogP contribution in [0.3, 0.4) is 0 Å². The lowest BCUT2D eigenvalue weighted by molar-refractivity contribution is -0.133. The SMILES string of the molecule is C=CC(=O)N(C)CC(=O)NC(C(=O)NC)c1ccc(F)c(F)c1. The second kappa shape index (κ2) is 8.02. The molecule has 0 saturated heterocycles. The fourth-order valence-corrected chi connectivity index (χ4v) is 1.79. The average molecular weight is 325 g/mol. The van der Waals surface area contributed by atoms with Gasteiger partial charge in [0.15, 0.2) is 11.6 Å². The van der Waals surface area contributed by atoms with Crippen molar-refractivity contribution >= 4 is 17.7 Å². The summed E-state index contributed by atoms with van der Waals surface area (Å²) in [5.41, 5.74) is 0.0781. The number of halogens is 2. The average Bonchev–Trinajstić information content (AvgIpc) is 2.53. The molecule has 124 valence electrons. The fraction of sp³-hybridized carbons (Fsp3) is 0.267. The molecular weight excluding hydrogens is 308 g/mol. The summed E-state index contributed by atoms with van der Waals surface area (Å²) in [4.78, 5) is 36.2. The van der Waals surface area contributed by atoms with Crippen LogP contribution in [0.5, 0.6) is 0 Å². The highest BCUT2D eigenvalue weighted by atomic mass is 19.2. The summed E-state index contributed by atoms with van der Waals surface area (Å²) in [6, 6.07) is 1.67. The fourth-order valence-electron chi connectivity index (χ4n) is 1.79. The van der Waals surface area contributed by atoms with E-state index in [0.29, 0.717) is 0 Å². The Balaban J connectivity index is 2.93. The van der Waals surface area contributed by atoms with Crippen molar-refractivity contribution in [2.75, 3.05) is 20.6 Å². The summed E-state index contributed by atoms with van der Waals surface area (Å²) < 4.78 is 26.3. The predicted octanol–water partition coefficient (Wildman–Crippen LogP) is 0.512. The Hall–Kier alpha value is -2.77. The lowest BCUT2D eigenvalue weighted by Crippen LogP contribution is -2.43. The van der Waals surface area contributed by atoms with Crippen LogP contribution in [0.2, 0.25) is 0 Å². The molecule has 0 aliphatic rings. The van der Waals surface area contributed by atoms with E-state index < -0.39 is 35.4 Å². The Labute approximate surface area is 132 Å². The molecule has 0 aliphatic carbocycles. The lowest BCUT2D eigenvalue weighted by atomic mass is 10.1. The van der Waals surface area contributed by atoms with Gasteiger partial charge in [0.2, 0.25) is 17.7 Å². The Kier molecular flexibility index (Phi) is 6.37. The standard InChI is InChI=1S/C15H17F2N3O3/c1-4-13(22)20(3)8-12(21)19-14(15(23)18-2)9-5-6-10(16)11(17)7-9/h4-7,14H,1,8H2,2-3H3,(H,18,23)(H,19,21). The largest absolute Gasteiger partial charge is 0.357 e. The number of amides is 3. The van der Waals surface area contributed by atoms with Gasteiger partial charge in [-0.05, 0) is 23.8 Å². The highest BCUT2D eigenvalue weighted by molar-refractivity contribution is 5.93. The zero-order valence-electron chi connectivity index (χ0n) is 12.7. The molecule has 1 unspecified atom stereocenters. The van der Waals surface area contributed by atoms with E-state index in [-0.39, 0.29) is 12.1 Å². The van der Waals surface area contributed by atoms with Gasteiger partial charge in [-0.15, -0.1) is 0 Å². The number of likely N-dealkylation sites (N-methyl/N-ethyl adjacent to an activating group) is 2.